The van der Waals surface area contributed by atoms with Crippen molar-refractivity contribution in [2.45, 2.75) is 4.90 Å². The highest BCUT2D eigenvalue weighted by atomic mass is 32.2. The fraction of sp³-hybridized carbons (Fsp3) is 0. The molecule has 0 bridgehead atoms. The largest absolute Gasteiger partial charge is 0.478 e. The molecule has 0 unspecified atom stereocenters. The van der Waals surface area contributed by atoms with Crippen LogP contribution in [-0.2, 0) is 19.7 Å². The van der Waals surface area contributed by atoms with Crippen molar-refractivity contribution in [2.24, 2.45) is 46.0 Å². The maximum absolute atomic E-state index is 12.9. The molecule has 0 saturated heterocycles. The Morgan fingerprint density at radius 1 is 0.559 bits per heavy atom. The van der Waals surface area contributed by atoms with Crippen LogP contribution < -0.4 is 28.4 Å². The van der Waals surface area contributed by atoms with Crippen LogP contribution >= 0.6 is 0 Å². The summed E-state index contributed by atoms with van der Waals surface area (Å²) < 4.78 is 36.3. The summed E-state index contributed by atoms with van der Waals surface area (Å²) in [5, 5.41) is 48.6. The van der Waals surface area contributed by atoms with Crippen LogP contribution in [0.2, 0.25) is 0 Å². The molecule has 21 heteroatoms. The van der Waals surface area contributed by atoms with E-state index in [1.54, 1.807) is 103 Å². The van der Waals surface area contributed by atoms with Crippen molar-refractivity contribution in [1.82, 2.24) is 0 Å². The zero-order valence-corrected chi connectivity index (χ0v) is 36.0. The van der Waals surface area contributed by atoms with Crippen molar-refractivity contribution < 1.29 is 27.7 Å². The summed E-state index contributed by atoms with van der Waals surface area (Å²) in [5.41, 5.74) is 32.2. The van der Waals surface area contributed by atoms with Gasteiger partial charge in [0.1, 0.15) is 33.2 Å². The Bertz CT molecular complexity index is 3500. The maximum atomic E-state index is 12.9. The van der Waals surface area contributed by atoms with Crippen LogP contribution in [-0.4, -0.2) is 35.5 Å². The highest BCUT2D eigenvalue weighted by Gasteiger charge is 2.22. The van der Waals surface area contributed by atoms with Crippen molar-refractivity contribution in [3.05, 3.63) is 157 Å². The van der Waals surface area contributed by atoms with Gasteiger partial charge in [0.2, 0.25) is 0 Å². The number of carboxylic acids is 1. The van der Waals surface area contributed by atoms with E-state index >= 15 is 0 Å². The van der Waals surface area contributed by atoms with Crippen molar-refractivity contribution in [3.8, 4) is 11.1 Å². The molecule has 0 spiro atoms. The van der Waals surface area contributed by atoms with E-state index in [2.05, 4.69) is 51.4 Å². The molecule has 7 aromatic carbocycles. The van der Waals surface area contributed by atoms with E-state index in [1.165, 1.54) is 24.3 Å². The topological polar surface area (TPSA) is 336 Å². The molecule has 0 fully saturated rings. The number of hydrogen-bond donors (Lipinski definition) is 7. The number of rotatable bonds is 13. The van der Waals surface area contributed by atoms with Gasteiger partial charge in [-0.15, -0.1) is 25.6 Å². The lowest BCUT2D eigenvalue weighted by Gasteiger charge is -2.10. The van der Waals surface area contributed by atoms with Crippen molar-refractivity contribution >= 4 is 112 Å². The van der Waals surface area contributed by atoms with E-state index in [0.29, 0.717) is 50.6 Å². The number of nitrogens with one attached hydrogen (secondary N) is 1. The smallest absolute Gasteiger partial charge is 0.339 e. The van der Waals surface area contributed by atoms with Gasteiger partial charge in [-0.25, -0.2) is 4.79 Å². The number of ketones is 1. The van der Waals surface area contributed by atoms with Gasteiger partial charge in [-0.05, 0) is 108 Å². The number of nitrogens with zero attached hydrogens (tertiary/aromatic N) is 9. The summed E-state index contributed by atoms with van der Waals surface area (Å²) in [6.45, 7) is 0. The van der Waals surface area contributed by atoms with Gasteiger partial charge in [0.05, 0.1) is 51.2 Å². The highest BCUT2D eigenvalue weighted by Crippen LogP contribution is 2.43. The van der Waals surface area contributed by atoms with Crippen LogP contribution in [0.25, 0.3) is 21.9 Å². The quantitative estimate of drug-likeness (QED) is 0.0142. The molecule has 0 aromatic heterocycles. The normalized spacial score (nSPS) is 13.7. The molecule has 0 atom stereocenters. The number of carbonyl (C=O) groups is 2. The zero-order chi connectivity index (χ0) is 48.0. The molecule has 8 rings (SSSR count). The van der Waals surface area contributed by atoms with Crippen LogP contribution in [0.15, 0.2) is 208 Å². The predicted molar refractivity (Wildman–Crippen MR) is 260 cm³/mol. The number of anilines is 5. The summed E-state index contributed by atoms with van der Waals surface area (Å²) in [7, 11) is -4.89. The van der Waals surface area contributed by atoms with Crippen molar-refractivity contribution in [3.63, 3.8) is 0 Å². The number of hydrogen-bond acceptors (Lipinski definition) is 18. The lowest BCUT2D eigenvalue weighted by molar-refractivity contribution is -0.134. The number of nitrogen functional groups attached to an aromatic ring is 4. The molecule has 11 N–H and O–H groups in total. The Balaban J connectivity index is 1.03. The molecule has 0 saturated carbocycles. The number of carboxylic acid groups (broad SMARTS) is 1. The molecule has 1 aliphatic carbocycles. The predicted octanol–water partition coefficient (Wildman–Crippen LogP) is 11.7. The first-order chi connectivity index (χ1) is 32.7. The van der Waals surface area contributed by atoms with E-state index in [0.717, 1.165) is 23.3 Å². The van der Waals surface area contributed by atoms with E-state index < -0.39 is 26.8 Å². The molecule has 336 valence electrons. The maximum Gasteiger partial charge on any atom is 0.339 e. The highest BCUT2D eigenvalue weighted by molar-refractivity contribution is 7.86. The number of carbonyl (C=O) groups excluding carboxylic acids is 1. The fourth-order valence-corrected chi connectivity index (χ4v) is 7.21. The molecule has 0 amide bonds. The summed E-state index contributed by atoms with van der Waals surface area (Å²) >= 11 is 0. The minimum absolute atomic E-state index is 0.0646. The number of azo groups is 4. The van der Waals surface area contributed by atoms with Crippen LogP contribution in [0.1, 0.15) is 0 Å². The second kappa shape index (κ2) is 19.2. The van der Waals surface area contributed by atoms with Crippen LogP contribution in [0.4, 0.5) is 73.9 Å². The van der Waals surface area contributed by atoms with Gasteiger partial charge in [-0.1, -0.05) is 54.6 Å². The second-order valence-electron chi connectivity index (χ2n) is 14.7. The van der Waals surface area contributed by atoms with Crippen molar-refractivity contribution in [2.75, 3.05) is 28.4 Å². The zero-order valence-electron chi connectivity index (χ0n) is 35.2. The summed E-state index contributed by atoms with van der Waals surface area (Å²) in [5.74, 6) is -1.95. The van der Waals surface area contributed by atoms with Gasteiger partial charge >= 0.3 is 5.97 Å². The number of nitrogens with two attached hydrogens (primary N) is 4. The third kappa shape index (κ3) is 10.3. The monoisotopic (exact) mass is 924 g/mol. The standard InChI is InChI=1S/C47H36N14O6S/c48-28-12-19-39(38(50)22-28)57-55-31-4-3-5-32(23-31)56-61-46-40(20-18-37(49)44(46)51)58-59-41-25-43(68(65,66)67)45(35-7-2-1-6-34(35)41)60-53-30-15-10-27(11-16-30)26-8-13-29(14-9-26)52-54-33-17-21-42(62)36(24-33)47(63)64/h1-25,52H,48-51H2,(H,63,64)(H,65,66,67)/b54-33-,57-55?,59-58?,60-53?,61-56?. The first kappa shape index (κ1) is 45.0. The lowest BCUT2D eigenvalue weighted by atomic mass is 10.0. The lowest BCUT2D eigenvalue weighted by Crippen LogP contribution is -2.15. The van der Waals surface area contributed by atoms with E-state index in [9.17, 15) is 27.7 Å². The second-order valence-corrected chi connectivity index (χ2v) is 16.1. The van der Waals surface area contributed by atoms with Crippen LogP contribution in [0.5, 0.6) is 0 Å². The third-order valence-corrected chi connectivity index (χ3v) is 10.9. The molecule has 68 heavy (non-hydrogen) atoms. The van der Waals surface area contributed by atoms with E-state index in [-0.39, 0.29) is 45.4 Å². The van der Waals surface area contributed by atoms with Crippen molar-refractivity contribution in [1.29, 1.82) is 0 Å². The van der Waals surface area contributed by atoms with Crippen LogP contribution in [0, 0.1) is 0 Å². The Labute approximate surface area is 386 Å². The van der Waals surface area contributed by atoms with Gasteiger partial charge in [0, 0.05) is 16.5 Å². The number of fused-ring (bicyclic) bond motifs is 1. The first-order valence-electron chi connectivity index (χ1n) is 20.0. The summed E-state index contributed by atoms with van der Waals surface area (Å²) in [6.07, 6.45) is 3.74. The van der Waals surface area contributed by atoms with Gasteiger partial charge in [0.25, 0.3) is 10.1 Å². The number of benzene rings is 7. The Morgan fingerprint density at radius 2 is 1.18 bits per heavy atom. The average molecular weight is 925 g/mol. The molecule has 0 heterocycles. The van der Waals surface area contributed by atoms with Gasteiger partial charge in [-0.3, -0.25) is 14.8 Å². The number of aliphatic carboxylic acids is 1. The molecule has 0 aliphatic heterocycles. The minimum Gasteiger partial charge on any atom is -0.478 e. The van der Waals surface area contributed by atoms with E-state index in [4.69, 9.17) is 22.9 Å². The SMILES string of the molecule is Nc1ccc(N=Nc2cccc(N=Nc3c(N=Nc4cc(S(=O)(=O)O)c(N=Nc5ccc(-c6ccc(N/N=C7/C=CC(=O)C(C(=O)O)=C7)cc6)cc5)c5ccccc45)ccc(N)c3N)c2)c(N)c1. The molecular weight excluding hydrogens is 889 g/mol. The molecule has 20 nitrogen and oxygen atoms in total. The molecule has 1 aliphatic rings. The first-order valence-corrected chi connectivity index (χ1v) is 21.5. The summed E-state index contributed by atoms with van der Waals surface area (Å²) in [4.78, 5) is 22.5. The minimum atomic E-state index is -4.89. The Kier molecular flexibility index (Phi) is 12.7. The van der Waals surface area contributed by atoms with Crippen LogP contribution in [0.3, 0.4) is 0 Å². The number of hydrazone groups is 1. The molecular formula is C47H36N14O6S. The van der Waals surface area contributed by atoms with E-state index in [1.807, 2.05) is 12.1 Å². The molecule has 0 radical (unpaired) electrons. The third-order valence-electron chi connectivity index (χ3n) is 10.0. The Hall–Kier alpha value is -9.60. The molecule has 7 aromatic rings. The van der Waals surface area contributed by atoms with Gasteiger partial charge in [0.15, 0.2) is 5.78 Å². The summed E-state index contributed by atoms with van der Waals surface area (Å²) in [6, 6.07) is 36.7. The Morgan fingerprint density at radius 3 is 1.87 bits per heavy atom. The fourth-order valence-electron chi connectivity index (χ4n) is 6.55. The average Bonchev–Trinajstić information content (AvgIpc) is 3.33. The van der Waals surface area contributed by atoms with Gasteiger partial charge in [-0.2, -0.15) is 28.9 Å². The number of allylic oxidation sites excluding steroid dienone is 3. The van der Waals surface area contributed by atoms with Gasteiger partial charge < -0.3 is 28.0 Å².